The van der Waals surface area contributed by atoms with E-state index in [2.05, 4.69) is 11.6 Å². The van der Waals surface area contributed by atoms with Gasteiger partial charge in [-0.3, -0.25) is 9.59 Å². The normalized spacial score (nSPS) is 38.2. The van der Waals surface area contributed by atoms with Gasteiger partial charge in [0.05, 0.1) is 0 Å². The Kier molecular flexibility index (Phi) is 3.98. The molecule has 3 rings (SSSR count). The summed E-state index contributed by atoms with van der Waals surface area (Å²) in [4.78, 5) is 27.2. The minimum absolute atomic E-state index is 0.0655. The molecule has 2 saturated carbocycles. The van der Waals surface area contributed by atoms with Crippen molar-refractivity contribution in [2.24, 2.45) is 5.92 Å². The molecule has 0 aromatic heterocycles. The molecule has 0 bridgehead atoms. The zero-order valence-electron chi connectivity index (χ0n) is 12.3. The van der Waals surface area contributed by atoms with Crippen LogP contribution < -0.4 is 5.32 Å². The number of piperazine rings is 1. The first-order valence-corrected chi connectivity index (χ1v) is 9.11. The molecular weight excluding hydrogens is 272 g/mol. The molecule has 0 aromatic rings. The van der Waals surface area contributed by atoms with E-state index in [0.717, 1.165) is 19.3 Å². The Labute approximate surface area is 125 Å². The first-order valence-electron chi connectivity index (χ1n) is 7.82. The Hall–Kier alpha value is -0.710. The van der Waals surface area contributed by atoms with E-state index in [-0.39, 0.29) is 29.9 Å². The largest absolute Gasteiger partial charge is 0.342 e. The number of hydrogen-bond donors (Lipinski definition) is 1. The molecule has 3 fully saturated rings. The molecule has 4 nitrogen and oxygen atoms in total. The standard InChI is InChI=1S/C15H24N2O2S/c1-3-10-14(18)16-13(9-7-8-9)15(19)17(10)11-5-4-6-12(11)20-2/h9-13H,3-8H2,1-2H3,(H,16,18). The molecule has 1 heterocycles. The third-order valence-corrected chi connectivity index (χ3v) is 6.17. The first kappa shape index (κ1) is 14.2. The maximum Gasteiger partial charge on any atom is 0.246 e. The van der Waals surface area contributed by atoms with Gasteiger partial charge in [-0.25, -0.2) is 0 Å². The zero-order chi connectivity index (χ0) is 14.3. The minimum Gasteiger partial charge on any atom is -0.342 e. The Morgan fingerprint density at radius 1 is 1.25 bits per heavy atom. The van der Waals surface area contributed by atoms with Gasteiger partial charge >= 0.3 is 0 Å². The fraction of sp³-hybridized carbons (Fsp3) is 0.867. The molecule has 20 heavy (non-hydrogen) atoms. The highest BCUT2D eigenvalue weighted by Crippen LogP contribution is 2.39. The van der Waals surface area contributed by atoms with Crippen LogP contribution in [0.3, 0.4) is 0 Å². The van der Waals surface area contributed by atoms with E-state index < -0.39 is 0 Å². The van der Waals surface area contributed by atoms with Crippen molar-refractivity contribution < 1.29 is 9.59 Å². The SMILES string of the molecule is CCC1C(=O)NC(C2CC2)C(=O)N1C1CCCC1SC. The van der Waals surface area contributed by atoms with Gasteiger partial charge in [0.2, 0.25) is 11.8 Å². The molecule has 5 heteroatoms. The Balaban J connectivity index is 1.86. The average molecular weight is 296 g/mol. The average Bonchev–Trinajstić information content (AvgIpc) is 3.18. The Morgan fingerprint density at radius 3 is 2.60 bits per heavy atom. The monoisotopic (exact) mass is 296 g/mol. The van der Waals surface area contributed by atoms with Gasteiger partial charge in [-0.1, -0.05) is 13.3 Å². The third-order valence-electron chi connectivity index (χ3n) is 5.01. The van der Waals surface area contributed by atoms with E-state index in [9.17, 15) is 9.59 Å². The summed E-state index contributed by atoms with van der Waals surface area (Å²) < 4.78 is 0. The van der Waals surface area contributed by atoms with Crippen LogP contribution in [-0.4, -0.2) is 46.3 Å². The van der Waals surface area contributed by atoms with Crippen LogP contribution in [0.25, 0.3) is 0 Å². The van der Waals surface area contributed by atoms with Crippen LogP contribution in [-0.2, 0) is 9.59 Å². The maximum absolute atomic E-state index is 12.9. The van der Waals surface area contributed by atoms with Gasteiger partial charge in [0.25, 0.3) is 0 Å². The number of nitrogens with zero attached hydrogens (tertiary/aromatic N) is 1. The highest BCUT2D eigenvalue weighted by molar-refractivity contribution is 7.99. The van der Waals surface area contributed by atoms with Crippen LogP contribution >= 0.6 is 11.8 Å². The minimum atomic E-state index is -0.254. The summed E-state index contributed by atoms with van der Waals surface area (Å²) in [6, 6.07) is -0.238. The lowest BCUT2D eigenvalue weighted by Gasteiger charge is -2.43. The lowest BCUT2D eigenvalue weighted by molar-refractivity contribution is -0.152. The highest BCUT2D eigenvalue weighted by atomic mass is 32.2. The van der Waals surface area contributed by atoms with Crippen LogP contribution in [0.15, 0.2) is 0 Å². The van der Waals surface area contributed by atoms with Gasteiger partial charge in [0.1, 0.15) is 12.1 Å². The summed E-state index contributed by atoms with van der Waals surface area (Å²) in [5.41, 5.74) is 0. The van der Waals surface area contributed by atoms with Gasteiger partial charge in [-0.15, -0.1) is 0 Å². The Morgan fingerprint density at radius 2 is 2.00 bits per heavy atom. The highest BCUT2D eigenvalue weighted by Gasteiger charge is 2.50. The number of rotatable bonds is 4. The van der Waals surface area contributed by atoms with Crippen molar-refractivity contribution in [3.05, 3.63) is 0 Å². The number of hydrogen-bond acceptors (Lipinski definition) is 3. The second kappa shape index (κ2) is 5.58. The molecule has 2 amide bonds. The van der Waals surface area contributed by atoms with Crippen molar-refractivity contribution in [3.63, 3.8) is 0 Å². The summed E-state index contributed by atoms with van der Waals surface area (Å²) in [5.74, 6) is 0.640. The van der Waals surface area contributed by atoms with E-state index in [4.69, 9.17) is 0 Å². The van der Waals surface area contributed by atoms with Crippen LogP contribution in [0.2, 0.25) is 0 Å². The van der Waals surface area contributed by atoms with E-state index >= 15 is 0 Å². The molecule has 4 unspecified atom stereocenters. The lowest BCUT2D eigenvalue weighted by atomic mass is 9.98. The molecule has 1 aliphatic heterocycles. The molecule has 3 aliphatic rings. The van der Waals surface area contributed by atoms with E-state index in [0.29, 0.717) is 17.6 Å². The maximum atomic E-state index is 12.9. The van der Waals surface area contributed by atoms with Crippen LogP contribution in [0.4, 0.5) is 0 Å². The number of carbonyl (C=O) groups is 2. The molecule has 2 aliphatic carbocycles. The fourth-order valence-corrected chi connectivity index (χ4v) is 4.76. The number of thioether (sulfide) groups is 1. The van der Waals surface area contributed by atoms with E-state index in [1.165, 1.54) is 12.8 Å². The van der Waals surface area contributed by atoms with Gasteiger partial charge in [-0.05, 0) is 44.3 Å². The lowest BCUT2D eigenvalue weighted by Crippen LogP contribution is -2.66. The van der Waals surface area contributed by atoms with Crippen LogP contribution in [0, 0.1) is 5.92 Å². The predicted molar refractivity (Wildman–Crippen MR) is 80.5 cm³/mol. The van der Waals surface area contributed by atoms with E-state index in [1.807, 2.05) is 23.6 Å². The molecule has 0 radical (unpaired) electrons. The molecule has 1 N–H and O–H groups in total. The number of amides is 2. The smallest absolute Gasteiger partial charge is 0.246 e. The number of nitrogens with one attached hydrogen (secondary N) is 1. The molecule has 0 aromatic carbocycles. The summed E-state index contributed by atoms with van der Waals surface area (Å²) in [5, 5.41) is 3.48. The topological polar surface area (TPSA) is 49.4 Å². The van der Waals surface area contributed by atoms with Crippen molar-refractivity contribution in [1.29, 1.82) is 0 Å². The van der Waals surface area contributed by atoms with Gasteiger partial charge in [0, 0.05) is 11.3 Å². The van der Waals surface area contributed by atoms with E-state index in [1.54, 1.807) is 0 Å². The second-order valence-corrected chi connectivity index (χ2v) is 7.34. The summed E-state index contributed by atoms with van der Waals surface area (Å²) in [7, 11) is 0. The molecule has 0 spiro atoms. The van der Waals surface area contributed by atoms with Crippen LogP contribution in [0.5, 0.6) is 0 Å². The van der Waals surface area contributed by atoms with Gasteiger partial charge < -0.3 is 10.2 Å². The van der Waals surface area contributed by atoms with Crippen molar-refractivity contribution >= 4 is 23.6 Å². The van der Waals surface area contributed by atoms with Crippen molar-refractivity contribution in [1.82, 2.24) is 10.2 Å². The summed E-state index contributed by atoms with van der Waals surface area (Å²) >= 11 is 1.85. The summed E-state index contributed by atoms with van der Waals surface area (Å²) in [6.45, 7) is 2.00. The molecule has 4 atom stereocenters. The second-order valence-electron chi connectivity index (χ2n) is 6.27. The van der Waals surface area contributed by atoms with Gasteiger partial charge in [-0.2, -0.15) is 11.8 Å². The van der Waals surface area contributed by atoms with Crippen molar-refractivity contribution in [3.8, 4) is 0 Å². The fourth-order valence-electron chi connectivity index (χ4n) is 3.78. The van der Waals surface area contributed by atoms with Crippen LogP contribution in [0.1, 0.15) is 45.4 Å². The molecular formula is C15H24N2O2S. The van der Waals surface area contributed by atoms with Crippen molar-refractivity contribution in [2.45, 2.75) is 68.8 Å². The van der Waals surface area contributed by atoms with Crippen molar-refractivity contribution in [2.75, 3.05) is 6.26 Å². The molecule has 1 saturated heterocycles. The molecule has 112 valence electrons. The first-order chi connectivity index (χ1) is 9.67. The quantitative estimate of drug-likeness (QED) is 0.860. The zero-order valence-corrected chi connectivity index (χ0v) is 13.1. The third kappa shape index (κ3) is 2.34. The van der Waals surface area contributed by atoms with Gasteiger partial charge in [0.15, 0.2) is 0 Å². The summed E-state index contributed by atoms with van der Waals surface area (Å²) in [6.07, 6.45) is 8.39. The Bertz CT molecular complexity index is 411. The predicted octanol–water partition coefficient (Wildman–Crippen LogP) is 1.79. The number of carbonyl (C=O) groups excluding carboxylic acids is 2.